The molecule has 0 saturated carbocycles. The zero-order chi connectivity index (χ0) is 14.4. The Balaban J connectivity index is 2.46. The van der Waals surface area contributed by atoms with Crippen molar-refractivity contribution in [3.05, 3.63) is 59.9 Å². The molecule has 0 atom stereocenters. The van der Waals surface area contributed by atoms with Gasteiger partial charge in [0.25, 0.3) is 0 Å². The fourth-order valence-corrected chi connectivity index (χ4v) is 2.19. The number of aldehydes is 1. The number of benzene rings is 2. The fourth-order valence-electron chi connectivity index (χ4n) is 2.19. The van der Waals surface area contributed by atoms with Crippen LogP contribution in [0.15, 0.2) is 48.5 Å². The van der Waals surface area contributed by atoms with E-state index in [4.69, 9.17) is 0 Å². The maximum absolute atomic E-state index is 13.8. The Morgan fingerprint density at radius 2 is 1.85 bits per heavy atom. The largest absolute Gasteiger partial charge is 0.341 e. The van der Waals surface area contributed by atoms with Gasteiger partial charge in [-0.2, -0.15) is 0 Å². The van der Waals surface area contributed by atoms with Gasteiger partial charge in [-0.05, 0) is 30.7 Å². The number of nitrogens with zero attached hydrogens (tertiary/aromatic N) is 1. The zero-order valence-electron chi connectivity index (χ0n) is 11.6. The minimum Gasteiger partial charge on any atom is -0.341 e. The lowest BCUT2D eigenvalue weighted by atomic mass is 10.1. The van der Waals surface area contributed by atoms with Crippen molar-refractivity contribution in [1.82, 2.24) is 0 Å². The van der Waals surface area contributed by atoms with E-state index in [-0.39, 0.29) is 5.56 Å². The summed E-state index contributed by atoms with van der Waals surface area (Å²) in [6.45, 7) is 2.86. The summed E-state index contributed by atoms with van der Waals surface area (Å²) in [5.74, 6) is -0.477. The summed E-state index contributed by atoms with van der Waals surface area (Å²) < 4.78 is 13.8. The second kappa shape index (κ2) is 6.85. The van der Waals surface area contributed by atoms with E-state index in [0.717, 1.165) is 25.1 Å². The zero-order valence-corrected chi connectivity index (χ0v) is 11.6. The molecule has 0 heterocycles. The summed E-state index contributed by atoms with van der Waals surface area (Å²) in [5, 5.41) is 0. The molecule has 0 spiro atoms. The first kappa shape index (κ1) is 14.3. The van der Waals surface area contributed by atoms with E-state index >= 15 is 0 Å². The van der Waals surface area contributed by atoms with E-state index in [1.807, 2.05) is 35.2 Å². The average Bonchev–Trinajstić information content (AvgIpc) is 2.49. The third-order valence-electron chi connectivity index (χ3n) is 3.24. The SMILES string of the molecule is CCCCN(c1ccccc1)c1cccc(F)c1C=O. The first-order valence-electron chi connectivity index (χ1n) is 6.84. The number of para-hydroxylation sites is 1. The Kier molecular flexibility index (Phi) is 4.88. The molecule has 2 aromatic rings. The molecule has 2 aromatic carbocycles. The molecule has 0 aliphatic heterocycles. The van der Waals surface area contributed by atoms with Crippen LogP contribution >= 0.6 is 0 Å². The van der Waals surface area contributed by atoms with Crippen LogP contribution in [-0.4, -0.2) is 12.8 Å². The molecule has 0 N–H and O–H groups in total. The molecular formula is C17H18FNO. The van der Waals surface area contributed by atoms with Gasteiger partial charge in [-0.3, -0.25) is 4.79 Å². The summed E-state index contributed by atoms with van der Waals surface area (Å²) >= 11 is 0. The summed E-state index contributed by atoms with van der Waals surface area (Å²) in [5.41, 5.74) is 1.71. The Morgan fingerprint density at radius 3 is 2.50 bits per heavy atom. The van der Waals surface area contributed by atoms with Crippen LogP contribution in [0, 0.1) is 5.82 Å². The first-order valence-corrected chi connectivity index (χ1v) is 6.84. The summed E-state index contributed by atoms with van der Waals surface area (Å²) in [6.07, 6.45) is 2.60. The number of anilines is 2. The van der Waals surface area contributed by atoms with Crippen molar-refractivity contribution in [3.63, 3.8) is 0 Å². The average molecular weight is 271 g/mol. The van der Waals surface area contributed by atoms with Crippen LogP contribution < -0.4 is 4.90 Å². The van der Waals surface area contributed by atoms with Gasteiger partial charge in [0, 0.05) is 12.2 Å². The molecule has 0 aromatic heterocycles. The standard InChI is InChI=1S/C17H18FNO/c1-2-3-12-19(14-8-5-4-6-9-14)17-11-7-10-16(18)15(17)13-20/h4-11,13H,2-3,12H2,1H3. The molecular weight excluding hydrogens is 253 g/mol. The van der Waals surface area contributed by atoms with Crippen molar-refractivity contribution in [3.8, 4) is 0 Å². The van der Waals surface area contributed by atoms with Crippen LogP contribution in [0.5, 0.6) is 0 Å². The van der Waals surface area contributed by atoms with Crippen LogP contribution in [0.4, 0.5) is 15.8 Å². The summed E-state index contributed by atoms with van der Waals surface area (Å²) in [6, 6.07) is 14.5. The number of hydrogen-bond donors (Lipinski definition) is 0. The fraction of sp³-hybridized carbons (Fsp3) is 0.235. The van der Waals surface area contributed by atoms with Crippen LogP contribution in [0.2, 0.25) is 0 Å². The predicted octanol–water partition coefficient (Wildman–Crippen LogP) is 4.58. The van der Waals surface area contributed by atoms with Gasteiger partial charge >= 0.3 is 0 Å². The van der Waals surface area contributed by atoms with E-state index < -0.39 is 5.82 Å². The van der Waals surface area contributed by atoms with Gasteiger partial charge in [0.05, 0.1) is 11.3 Å². The lowest BCUT2D eigenvalue weighted by Gasteiger charge is -2.26. The topological polar surface area (TPSA) is 20.3 Å². The molecule has 0 fully saturated rings. The number of halogens is 1. The second-order valence-electron chi connectivity index (χ2n) is 4.63. The number of rotatable bonds is 6. The second-order valence-corrected chi connectivity index (χ2v) is 4.63. The van der Waals surface area contributed by atoms with Crippen molar-refractivity contribution >= 4 is 17.7 Å². The minimum absolute atomic E-state index is 0.118. The third-order valence-corrected chi connectivity index (χ3v) is 3.24. The van der Waals surface area contributed by atoms with Crippen LogP contribution in [-0.2, 0) is 0 Å². The maximum Gasteiger partial charge on any atom is 0.155 e. The number of unbranched alkanes of at least 4 members (excludes halogenated alkanes) is 1. The smallest absolute Gasteiger partial charge is 0.155 e. The van der Waals surface area contributed by atoms with Crippen molar-refractivity contribution < 1.29 is 9.18 Å². The van der Waals surface area contributed by atoms with Crippen LogP contribution in [0.1, 0.15) is 30.1 Å². The lowest BCUT2D eigenvalue weighted by Crippen LogP contribution is -2.20. The van der Waals surface area contributed by atoms with Gasteiger partial charge in [-0.25, -0.2) is 4.39 Å². The van der Waals surface area contributed by atoms with E-state index in [0.29, 0.717) is 12.0 Å². The Morgan fingerprint density at radius 1 is 1.10 bits per heavy atom. The highest BCUT2D eigenvalue weighted by Gasteiger charge is 2.15. The highest BCUT2D eigenvalue weighted by atomic mass is 19.1. The van der Waals surface area contributed by atoms with Gasteiger partial charge in [0.2, 0.25) is 0 Å². The highest BCUT2D eigenvalue weighted by Crippen LogP contribution is 2.29. The Bertz CT molecular complexity index is 568. The molecule has 3 heteroatoms. The van der Waals surface area contributed by atoms with Gasteiger partial charge in [-0.15, -0.1) is 0 Å². The number of carbonyl (C=O) groups excluding carboxylic acids is 1. The van der Waals surface area contributed by atoms with Crippen molar-refractivity contribution in [2.75, 3.05) is 11.4 Å². The van der Waals surface area contributed by atoms with E-state index in [1.54, 1.807) is 12.1 Å². The van der Waals surface area contributed by atoms with Crippen molar-refractivity contribution in [1.29, 1.82) is 0 Å². The molecule has 0 unspecified atom stereocenters. The first-order chi connectivity index (χ1) is 9.77. The molecule has 0 amide bonds. The quantitative estimate of drug-likeness (QED) is 0.717. The monoisotopic (exact) mass is 271 g/mol. The Hall–Kier alpha value is -2.16. The van der Waals surface area contributed by atoms with E-state index in [1.165, 1.54) is 6.07 Å². The predicted molar refractivity (Wildman–Crippen MR) is 80.1 cm³/mol. The molecule has 0 radical (unpaired) electrons. The Labute approximate surface area is 118 Å². The van der Waals surface area contributed by atoms with Crippen LogP contribution in [0.3, 0.4) is 0 Å². The van der Waals surface area contributed by atoms with Crippen molar-refractivity contribution in [2.45, 2.75) is 19.8 Å². The lowest BCUT2D eigenvalue weighted by molar-refractivity contribution is 0.112. The van der Waals surface area contributed by atoms with E-state index in [2.05, 4.69) is 6.92 Å². The molecule has 0 aliphatic rings. The third kappa shape index (κ3) is 3.05. The minimum atomic E-state index is -0.477. The summed E-state index contributed by atoms with van der Waals surface area (Å²) in [7, 11) is 0. The molecule has 0 saturated heterocycles. The van der Waals surface area contributed by atoms with Crippen LogP contribution in [0.25, 0.3) is 0 Å². The van der Waals surface area contributed by atoms with Crippen molar-refractivity contribution in [2.24, 2.45) is 0 Å². The van der Waals surface area contributed by atoms with Gasteiger partial charge < -0.3 is 4.90 Å². The van der Waals surface area contributed by atoms with E-state index in [9.17, 15) is 9.18 Å². The number of hydrogen-bond acceptors (Lipinski definition) is 2. The normalized spacial score (nSPS) is 10.3. The maximum atomic E-state index is 13.8. The molecule has 0 bridgehead atoms. The molecule has 104 valence electrons. The van der Waals surface area contributed by atoms with Gasteiger partial charge in [0.1, 0.15) is 5.82 Å². The van der Waals surface area contributed by atoms with Gasteiger partial charge in [0.15, 0.2) is 6.29 Å². The molecule has 20 heavy (non-hydrogen) atoms. The highest BCUT2D eigenvalue weighted by molar-refractivity contribution is 5.87. The number of carbonyl (C=O) groups is 1. The molecule has 2 nitrogen and oxygen atoms in total. The van der Waals surface area contributed by atoms with Gasteiger partial charge in [-0.1, -0.05) is 37.6 Å². The summed E-state index contributed by atoms with van der Waals surface area (Å²) in [4.78, 5) is 13.2. The molecule has 2 rings (SSSR count). The molecule has 0 aliphatic carbocycles.